The maximum atomic E-state index is 10.9. The van der Waals surface area contributed by atoms with Gasteiger partial charge in [0.05, 0.1) is 18.3 Å². The van der Waals surface area contributed by atoms with Crippen molar-refractivity contribution in [3.63, 3.8) is 0 Å². The summed E-state index contributed by atoms with van der Waals surface area (Å²) in [5.41, 5.74) is 0.155. The Morgan fingerprint density at radius 3 is 2.74 bits per heavy atom. The molecule has 1 saturated carbocycles. The zero-order valence-electron chi connectivity index (χ0n) is 10.8. The Balaban J connectivity index is 2.20. The van der Waals surface area contributed by atoms with E-state index in [0.29, 0.717) is 18.1 Å². The Hall–Kier alpha value is -1.75. The van der Waals surface area contributed by atoms with E-state index in [2.05, 4.69) is 0 Å². The molecule has 1 aromatic carbocycles. The Morgan fingerprint density at radius 1 is 1.37 bits per heavy atom. The van der Waals surface area contributed by atoms with Gasteiger partial charge in [0.1, 0.15) is 6.10 Å². The molecule has 1 fully saturated rings. The Morgan fingerprint density at radius 2 is 2.16 bits per heavy atom. The number of carboxylic acid groups (broad SMARTS) is 1. The average Bonchev–Trinajstić information content (AvgIpc) is 2.77. The Kier molecular flexibility index (Phi) is 4.27. The number of benzene rings is 1. The third kappa shape index (κ3) is 3.17. The molecule has 0 heterocycles. The van der Waals surface area contributed by atoms with Crippen LogP contribution in [0.15, 0.2) is 18.2 Å². The van der Waals surface area contributed by atoms with Gasteiger partial charge in [0.15, 0.2) is 11.5 Å². The topological polar surface area (TPSA) is 76.0 Å². The number of aliphatic hydroxyl groups is 1. The van der Waals surface area contributed by atoms with Gasteiger partial charge in [0.25, 0.3) is 0 Å². The van der Waals surface area contributed by atoms with Crippen molar-refractivity contribution in [2.75, 3.05) is 6.61 Å². The van der Waals surface area contributed by atoms with Crippen molar-refractivity contribution in [2.24, 2.45) is 0 Å². The molecule has 2 N–H and O–H groups in total. The highest BCUT2D eigenvalue weighted by molar-refractivity contribution is 5.88. The second-order valence-electron chi connectivity index (χ2n) is 4.55. The van der Waals surface area contributed by atoms with Gasteiger partial charge in [-0.2, -0.15) is 0 Å². The van der Waals surface area contributed by atoms with E-state index in [1.54, 1.807) is 6.07 Å². The first-order valence-electron chi connectivity index (χ1n) is 6.46. The summed E-state index contributed by atoms with van der Waals surface area (Å²) in [4.78, 5) is 10.9. The first kappa shape index (κ1) is 13.7. The second-order valence-corrected chi connectivity index (χ2v) is 4.55. The summed E-state index contributed by atoms with van der Waals surface area (Å²) in [5.74, 6) is -0.118. The minimum absolute atomic E-state index is 0.155. The van der Waals surface area contributed by atoms with Crippen LogP contribution < -0.4 is 9.47 Å². The molecule has 19 heavy (non-hydrogen) atoms. The molecule has 0 amide bonds. The van der Waals surface area contributed by atoms with Crippen LogP contribution in [0.5, 0.6) is 11.5 Å². The fraction of sp³-hybridized carbons (Fsp3) is 0.500. The maximum absolute atomic E-state index is 10.9. The highest BCUT2D eigenvalue weighted by Gasteiger charge is 2.28. The van der Waals surface area contributed by atoms with Crippen LogP contribution in [-0.2, 0) is 0 Å². The highest BCUT2D eigenvalue weighted by atomic mass is 16.5. The van der Waals surface area contributed by atoms with E-state index >= 15 is 0 Å². The fourth-order valence-corrected chi connectivity index (χ4v) is 2.21. The van der Waals surface area contributed by atoms with Crippen LogP contribution in [0.3, 0.4) is 0 Å². The first-order chi connectivity index (χ1) is 9.11. The number of rotatable bonds is 5. The molecule has 0 radical (unpaired) electrons. The van der Waals surface area contributed by atoms with Gasteiger partial charge in [0.2, 0.25) is 0 Å². The summed E-state index contributed by atoms with van der Waals surface area (Å²) in [6, 6.07) is 4.50. The summed E-state index contributed by atoms with van der Waals surface area (Å²) in [6.45, 7) is 2.24. The number of carbonyl (C=O) groups is 1. The van der Waals surface area contributed by atoms with Crippen molar-refractivity contribution in [3.8, 4) is 11.5 Å². The summed E-state index contributed by atoms with van der Waals surface area (Å²) in [5, 5.41) is 18.7. The molecule has 0 aliphatic heterocycles. The molecule has 0 spiro atoms. The van der Waals surface area contributed by atoms with Crippen molar-refractivity contribution >= 4 is 5.97 Å². The van der Waals surface area contributed by atoms with E-state index in [1.165, 1.54) is 12.1 Å². The third-order valence-corrected chi connectivity index (χ3v) is 3.19. The zero-order chi connectivity index (χ0) is 13.8. The van der Waals surface area contributed by atoms with Gasteiger partial charge in [-0.25, -0.2) is 4.79 Å². The quantitative estimate of drug-likeness (QED) is 0.853. The van der Waals surface area contributed by atoms with Crippen molar-refractivity contribution in [2.45, 2.75) is 38.4 Å². The molecule has 5 heteroatoms. The zero-order valence-corrected chi connectivity index (χ0v) is 10.8. The number of hydrogen-bond donors (Lipinski definition) is 2. The van der Waals surface area contributed by atoms with E-state index in [4.69, 9.17) is 14.6 Å². The molecule has 5 nitrogen and oxygen atoms in total. The lowest BCUT2D eigenvalue weighted by atomic mass is 10.2. The minimum Gasteiger partial charge on any atom is -0.490 e. The minimum atomic E-state index is -1.01. The molecule has 1 aromatic rings. The van der Waals surface area contributed by atoms with E-state index < -0.39 is 12.1 Å². The van der Waals surface area contributed by atoms with Gasteiger partial charge in [-0.15, -0.1) is 0 Å². The lowest BCUT2D eigenvalue weighted by Crippen LogP contribution is -2.25. The van der Waals surface area contributed by atoms with E-state index in [-0.39, 0.29) is 11.7 Å². The van der Waals surface area contributed by atoms with Gasteiger partial charge in [0, 0.05) is 0 Å². The molecule has 2 unspecified atom stereocenters. The second kappa shape index (κ2) is 5.93. The Labute approximate surface area is 111 Å². The number of hydrogen-bond acceptors (Lipinski definition) is 4. The molecular formula is C14H18O5. The number of aromatic carboxylic acids is 1. The summed E-state index contributed by atoms with van der Waals surface area (Å²) >= 11 is 0. The molecule has 2 rings (SSSR count). The van der Waals surface area contributed by atoms with E-state index in [1.807, 2.05) is 6.92 Å². The van der Waals surface area contributed by atoms with Crippen LogP contribution in [-0.4, -0.2) is 35.0 Å². The SMILES string of the molecule is CCOc1cc(C(=O)O)ccc1OC1CCCC1O. The normalized spacial score (nSPS) is 22.2. The summed E-state index contributed by atoms with van der Waals surface area (Å²) in [7, 11) is 0. The molecule has 0 bridgehead atoms. The standard InChI is InChI=1S/C14H18O5/c1-2-18-13-8-9(14(16)17)6-7-12(13)19-11-5-3-4-10(11)15/h6-8,10-11,15H,2-5H2,1H3,(H,16,17). The monoisotopic (exact) mass is 266 g/mol. The van der Waals surface area contributed by atoms with Crippen LogP contribution in [0.4, 0.5) is 0 Å². The van der Waals surface area contributed by atoms with Crippen LogP contribution >= 0.6 is 0 Å². The molecule has 1 aliphatic rings. The van der Waals surface area contributed by atoms with Crippen molar-refractivity contribution in [3.05, 3.63) is 23.8 Å². The van der Waals surface area contributed by atoms with Crippen molar-refractivity contribution in [1.29, 1.82) is 0 Å². The van der Waals surface area contributed by atoms with Gasteiger partial charge in [-0.1, -0.05) is 0 Å². The predicted molar refractivity (Wildman–Crippen MR) is 68.8 cm³/mol. The van der Waals surface area contributed by atoms with Crippen LogP contribution in [0.2, 0.25) is 0 Å². The number of aliphatic hydroxyl groups excluding tert-OH is 1. The van der Waals surface area contributed by atoms with Crippen LogP contribution in [0.1, 0.15) is 36.5 Å². The average molecular weight is 266 g/mol. The molecular weight excluding hydrogens is 248 g/mol. The van der Waals surface area contributed by atoms with Crippen molar-refractivity contribution < 1.29 is 24.5 Å². The summed E-state index contributed by atoms with van der Waals surface area (Å²) < 4.78 is 11.1. The number of carboxylic acids is 1. The third-order valence-electron chi connectivity index (χ3n) is 3.19. The largest absolute Gasteiger partial charge is 0.490 e. The summed E-state index contributed by atoms with van der Waals surface area (Å²) in [6.07, 6.45) is 1.77. The lowest BCUT2D eigenvalue weighted by molar-refractivity contribution is 0.0580. The lowest BCUT2D eigenvalue weighted by Gasteiger charge is -2.19. The molecule has 104 valence electrons. The Bertz CT molecular complexity index is 457. The highest BCUT2D eigenvalue weighted by Crippen LogP contribution is 2.32. The molecule has 0 aromatic heterocycles. The maximum Gasteiger partial charge on any atom is 0.335 e. The van der Waals surface area contributed by atoms with E-state index in [0.717, 1.165) is 19.3 Å². The predicted octanol–water partition coefficient (Wildman–Crippen LogP) is 2.08. The fourth-order valence-electron chi connectivity index (χ4n) is 2.21. The van der Waals surface area contributed by atoms with Gasteiger partial charge in [-0.3, -0.25) is 0 Å². The van der Waals surface area contributed by atoms with Crippen LogP contribution in [0.25, 0.3) is 0 Å². The van der Waals surface area contributed by atoms with Gasteiger partial charge < -0.3 is 19.7 Å². The molecule has 2 atom stereocenters. The smallest absolute Gasteiger partial charge is 0.335 e. The molecule has 0 saturated heterocycles. The first-order valence-corrected chi connectivity index (χ1v) is 6.46. The number of ether oxygens (including phenoxy) is 2. The van der Waals surface area contributed by atoms with Gasteiger partial charge in [-0.05, 0) is 44.4 Å². The van der Waals surface area contributed by atoms with Gasteiger partial charge >= 0.3 is 5.97 Å². The van der Waals surface area contributed by atoms with Crippen molar-refractivity contribution in [1.82, 2.24) is 0 Å². The van der Waals surface area contributed by atoms with Crippen LogP contribution in [0, 0.1) is 0 Å². The van der Waals surface area contributed by atoms with E-state index in [9.17, 15) is 9.90 Å². The molecule has 1 aliphatic carbocycles.